The summed E-state index contributed by atoms with van der Waals surface area (Å²) >= 11 is 6.10. The number of pyridine rings is 1. The number of ether oxygens (including phenoxy) is 1. The molecular formula is C20H20ClNO3. The Morgan fingerprint density at radius 1 is 1.28 bits per heavy atom. The summed E-state index contributed by atoms with van der Waals surface area (Å²) < 4.78 is 5.12. The van der Waals surface area contributed by atoms with E-state index < -0.39 is 0 Å². The molecular weight excluding hydrogens is 338 g/mol. The number of phenolic OH excluding ortho intramolecular Hbond substituents is 1. The molecule has 1 aliphatic carbocycles. The van der Waals surface area contributed by atoms with Crippen molar-refractivity contribution in [3.05, 3.63) is 57.9 Å². The first-order valence-electron chi connectivity index (χ1n) is 8.36. The van der Waals surface area contributed by atoms with Crippen LogP contribution < -0.4 is 0 Å². The molecule has 1 aromatic carbocycles. The van der Waals surface area contributed by atoms with Gasteiger partial charge in [0, 0.05) is 16.8 Å². The van der Waals surface area contributed by atoms with Crippen LogP contribution in [-0.4, -0.2) is 22.7 Å². The van der Waals surface area contributed by atoms with E-state index >= 15 is 0 Å². The summed E-state index contributed by atoms with van der Waals surface area (Å²) in [6.07, 6.45) is 4.49. The summed E-state index contributed by atoms with van der Waals surface area (Å²) in [6, 6.07) is 6.90. The van der Waals surface area contributed by atoms with Crippen molar-refractivity contribution >= 4 is 28.7 Å². The van der Waals surface area contributed by atoms with Gasteiger partial charge in [-0.25, -0.2) is 4.79 Å². The van der Waals surface area contributed by atoms with Crippen LogP contribution in [0, 0.1) is 6.92 Å². The van der Waals surface area contributed by atoms with Crippen LogP contribution >= 0.6 is 11.6 Å². The Labute approximate surface area is 152 Å². The third kappa shape index (κ3) is 3.54. The molecule has 5 heteroatoms. The first-order valence-corrected chi connectivity index (χ1v) is 8.74. The normalized spacial score (nSPS) is 14.0. The van der Waals surface area contributed by atoms with E-state index in [0.717, 1.165) is 41.5 Å². The molecule has 0 saturated carbocycles. The third-order valence-corrected chi connectivity index (χ3v) is 4.67. The van der Waals surface area contributed by atoms with Crippen LogP contribution in [0.2, 0.25) is 5.02 Å². The van der Waals surface area contributed by atoms with Gasteiger partial charge in [0.05, 0.1) is 17.9 Å². The topological polar surface area (TPSA) is 59.4 Å². The second-order valence-corrected chi connectivity index (χ2v) is 6.49. The van der Waals surface area contributed by atoms with Crippen LogP contribution in [0.3, 0.4) is 0 Å². The number of carbonyl (C=O) groups excluding carboxylic acids is 1. The van der Waals surface area contributed by atoms with E-state index in [1.54, 1.807) is 38.2 Å². The Morgan fingerprint density at radius 2 is 2.04 bits per heavy atom. The summed E-state index contributed by atoms with van der Waals surface area (Å²) in [5.74, 6) is -0.149. The van der Waals surface area contributed by atoms with Crippen molar-refractivity contribution < 1.29 is 14.6 Å². The van der Waals surface area contributed by atoms with Crippen molar-refractivity contribution in [3.8, 4) is 5.75 Å². The Kier molecular flexibility index (Phi) is 5.09. The molecule has 25 heavy (non-hydrogen) atoms. The third-order valence-electron chi connectivity index (χ3n) is 4.43. The number of rotatable bonds is 4. The number of allylic oxidation sites excluding steroid dienone is 2. The summed E-state index contributed by atoms with van der Waals surface area (Å²) in [5, 5.41) is 10.8. The monoisotopic (exact) mass is 357 g/mol. The second kappa shape index (κ2) is 7.28. The summed E-state index contributed by atoms with van der Waals surface area (Å²) in [6.45, 7) is 3.90. The lowest BCUT2D eigenvalue weighted by molar-refractivity contribution is 0.0525. The standard InChI is InChI=1S/C20H20ClNO3/c1-3-25-20(24)17-9-13(11-22-12(17)2)15-5-4-6-16(15)18-10-14(21)7-8-19(18)23/h7-11,23H,3-6H2,1-2H3. The van der Waals surface area contributed by atoms with Crippen molar-refractivity contribution in [2.75, 3.05) is 6.61 Å². The molecule has 0 spiro atoms. The number of aryl methyl sites for hydroxylation is 1. The van der Waals surface area contributed by atoms with E-state index in [2.05, 4.69) is 4.98 Å². The fourth-order valence-corrected chi connectivity index (χ4v) is 3.40. The van der Waals surface area contributed by atoms with Gasteiger partial charge in [-0.15, -0.1) is 0 Å². The highest BCUT2D eigenvalue weighted by Gasteiger charge is 2.22. The van der Waals surface area contributed by atoms with E-state index in [1.165, 1.54) is 0 Å². The number of nitrogens with zero attached hydrogens (tertiary/aromatic N) is 1. The summed E-state index contributed by atoms with van der Waals surface area (Å²) in [7, 11) is 0. The van der Waals surface area contributed by atoms with Gasteiger partial charge in [-0.2, -0.15) is 0 Å². The average Bonchev–Trinajstić information content (AvgIpc) is 3.07. The highest BCUT2D eigenvalue weighted by molar-refractivity contribution is 6.30. The van der Waals surface area contributed by atoms with Gasteiger partial charge >= 0.3 is 5.97 Å². The lowest BCUT2D eigenvalue weighted by Gasteiger charge is -2.12. The Morgan fingerprint density at radius 3 is 2.80 bits per heavy atom. The minimum absolute atomic E-state index is 0.212. The number of hydrogen-bond acceptors (Lipinski definition) is 4. The van der Waals surface area contributed by atoms with Crippen LogP contribution in [0.15, 0.2) is 30.5 Å². The molecule has 1 heterocycles. The molecule has 130 valence electrons. The molecule has 3 rings (SSSR count). The number of aromatic nitrogens is 1. The maximum Gasteiger partial charge on any atom is 0.339 e. The molecule has 0 fully saturated rings. The van der Waals surface area contributed by atoms with E-state index in [0.29, 0.717) is 22.9 Å². The Bertz CT molecular complexity index is 858. The zero-order valence-electron chi connectivity index (χ0n) is 14.3. The number of aromatic hydroxyl groups is 1. The van der Waals surface area contributed by atoms with Crippen LogP contribution in [-0.2, 0) is 4.74 Å². The van der Waals surface area contributed by atoms with Crippen LogP contribution in [0.1, 0.15) is 53.4 Å². The molecule has 0 atom stereocenters. The number of esters is 1. The lowest BCUT2D eigenvalue weighted by Crippen LogP contribution is -2.08. The molecule has 0 bridgehead atoms. The molecule has 0 radical (unpaired) electrons. The van der Waals surface area contributed by atoms with Gasteiger partial charge < -0.3 is 9.84 Å². The van der Waals surface area contributed by atoms with Gasteiger partial charge in [-0.05, 0) is 74.1 Å². The highest BCUT2D eigenvalue weighted by Crippen LogP contribution is 2.43. The number of carbonyl (C=O) groups is 1. The van der Waals surface area contributed by atoms with Crippen molar-refractivity contribution in [1.82, 2.24) is 4.98 Å². The quantitative estimate of drug-likeness (QED) is 0.780. The van der Waals surface area contributed by atoms with Gasteiger partial charge in [0.25, 0.3) is 0 Å². The Hall–Kier alpha value is -2.33. The molecule has 2 aromatic rings. The predicted octanol–water partition coefficient (Wildman–Crippen LogP) is 5.02. The second-order valence-electron chi connectivity index (χ2n) is 6.05. The van der Waals surface area contributed by atoms with E-state index in [-0.39, 0.29) is 11.7 Å². The van der Waals surface area contributed by atoms with Crippen LogP contribution in [0.4, 0.5) is 0 Å². The van der Waals surface area contributed by atoms with E-state index in [9.17, 15) is 9.90 Å². The minimum Gasteiger partial charge on any atom is -0.507 e. The number of hydrogen-bond donors (Lipinski definition) is 1. The minimum atomic E-state index is -0.361. The van der Waals surface area contributed by atoms with Crippen LogP contribution in [0.25, 0.3) is 11.1 Å². The fourth-order valence-electron chi connectivity index (χ4n) is 3.22. The summed E-state index contributed by atoms with van der Waals surface area (Å²) in [5.41, 5.74) is 4.91. The molecule has 1 N–H and O–H groups in total. The molecule has 1 aromatic heterocycles. The molecule has 0 aliphatic heterocycles. The lowest BCUT2D eigenvalue weighted by atomic mass is 9.96. The van der Waals surface area contributed by atoms with Gasteiger partial charge in [0.2, 0.25) is 0 Å². The van der Waals surface area contributed by atoms with Crippen molar-refractivity contribution in [2.24, 2.45) is 0 Å². The maximum absolute atomic E-state index is 12.1. The van der Waals surface area contributed by atoms with Crippen molar-refractivity contribution in [3.63, 3.8) is 0 Å². The van der Waals surface area contributed by atoms with Gasteiger partial charge in [0.1, 0.15) is 5.75 Å². The SMILES string of the molecule is CCOC(=O)c1cc(C2=C(c3cc(Cl)ccc3O)CCC2)cnc1C. The molecule has 0 amide bonds. The number of phenols is 1. The van der Waals surface area contributed by atoms with Crippen LogP contribution in [0.5, 0.6) is 5.75 Å². The first kappa shape index (κ1) is 17.5. The van der Waals surface area contributed by atoms with Gasteiger partial charge in [0.15, 0.2) is 0 Å². The molecule has 1 aliphatic rings. The zero-order chi connectivity index (χ0) is 18.0. The van der Waals surface area contributed by atoms with E-state index in [4.69, 9.17) is 16.3 Å². The number of benzene rings is 1. The smallest absolute Gasteiger partial charge is 0.339 e. The fraction of sp³-hybridized carbons (Fsp3) is 0.300. The largest absolute Gasteiger partial charge is 0.507 e. The maximum atomic E-state index is 12.1. The number of halogens is 1. The van der Waals surface area contributed by atoms with Gasteiger partial charge in [-0.1, -0.05) is 11.6 Å². The molecule has 4 nitrogen and oxygen atoms in total. The zero-order valence-corrected chi connectivity index (χ0v) is 15.1. The predicted molar refractivity (Wildman–Crippen MR) is 98.7 cm³/mol. The van der Waals surface area contributed by atoms with Crippen molar-refractivity contribution in [2.45, 2.75) is 33.1 Å². The van der Waals surface area contributed by atoms with E-state index in [1.807, 2.05) is 6.07 Å². The van der Waals surface area contributed by atoms with Gasteiger partial charge in [-0.3, -0.25) is 4.98 Å². The molecule has 0 unspecified atom stereocenters. The molecule has 0 saturated heterocycles. The first-order chi connectivity index (χ1) is 12.0. The highest BCUT2D eigenvalue weighted by atomic mass is 35.5. The summed E-state index contributed by atoms with van der Waals surface area (Å²) in [4.78, 5) is 16.5. The average molecular weight is 358 g/mol. The van der Waals surface area contributed by atoms with Crippen molar-refractivity contribution in [1.29, 1.82) is 0 Å². The Balaban J connectivity index is 2.09.